The number of amides is 1. The Bertz CT molecular complexity index is 1240. The van der Waals surface area contributed by atoms with Crippen molar-refractivity contribution in [2.24, 2.45) is 5.14 Å². The standard InChI is InChI=1S/C22H23ClN4O4S/c23-16-3-6-20-18(13-16)21(19(14-26-20)22(28)27-9-11-31-12-10-27)25-8-7-15-1-4-17(5-2-15)32(24,29)30/h1-6,13-14H,7-12H2,(H,25,26)(H2,24,29,30). The molecule has 32 heavy (non-hydrogen) atoms. The minimum atomic E-state index is -3.72. The zero-order valence-electron chi connectivity index (χ0n) is 17.3. The average molecular weight is 475 g/mol. The number of halogens is 1. The maximum absolute atomic E-state index is 13.2. The third kappa shape index (κ3) is 5.02. The molecule has 0 radical (unpaired) electrons. The van der Waals surface area contributed by atoms with Gasteiger partial charge >= 0.3 is 0 Å². The molecule has 3 N–H and O–H groups in total. The number of fused-ring (bicyclic) bond motifs is 1. The number of pyridine rings is 1. The van der Waals surface area contributed by atoms with Gasteiger partial charge in [0.25, 0.3) is 5.91 Å². The number of carbonyl (C=O) groups excluding carboxylic acids is 1. The quantitative estimate of drug-likeness (QED) is 0.567. The fraction of sp³-hybridized carbons (Fsp3) is 0.273. The van der Waals surface area contributed by atoms with E-state index in [-0.39, 0.29) is 10.8 Å². The molecule has 0 atom stereocenters. The molecule has 0 unspecified atom stereocenters. The molecule has 1 fully saturated rings. The Morgan fingerprint density at radius 2 is 1.88 bits per heavy atom. The zero-order chi connectivity index (χ0) is 22.7. The van der Waals surface area contributed by atoms with E-state index in [2.05, 4.69) is 10.3 Å². The molecule has 1 aliphatic heterocycles. The van der Waals surface area contributed by atoms with Crippen molar-refractivity contribution < 1.29 is 17.9 Å². The van der Waals surface area contributed by atoms with Gasteiger partial charge in [-0.2, -0.15) is 0 Å². The van der Waals surface area contributed by atoms with Crippen molar-refractivity contribution in [3.05, 3.63) is 64.8 Å². The maximum atomic E-state index is 13.2. The van der Waals surface area contributed by atoms with Crippen LogP contribution in [0.2, 0.25) is 5.02 Å². The third-order valence-electron chi connectivity index (χ3n) is 5.33. The Labute approximate surface area is 191 Å². The summed E-state index contributed by atoms with van der Waals surface area (Å²) in [6.45, 7) is 2.60. The molecule has 1 saturated heterocycles. The first kappa shape index (κ1) is 22.5. The number of sulfonamides is 1. The molecule has 1 aromatic heterocycles. The first-order valence-electron chi connectivity index (χ1n) is 10.1. The van der Waals surface area contributed by atoms with Crippen LogP contribution in [0.15, 0.2) is 53.6 Å². The summed E-state index contributed by atoms with van der Waals surface area (Å²) in [5.41, 5.74) is 2.82. The van der Waals surface area contributed by atoms with E-state index in [0.717, 1.165) is 16.5 Å². The number of nitrogens with one attached hydrogen (secondary N) is 1. The molecule has 3 aromatic rings. The van der Waals surface area contributed by atoms with Gasteiger partial charge < -0.3 is 15.0 Å². The summed E-state index contributed by atoms with van der Waals surface area (Å²) in [5, 5.41) is 9.85. The van der Waals surface area contributed by atoms with Crippen LogP contribution in [0.3, 0.4) is 0 Å². The molecular formula is C22H23ClN4O4S. The number of nitrogens with two attached hydrogens (primary N) is 1. The Morgan fingerprint density at radius 1 is 1.16 bits per heavy atom. The zero-order valence-corrected chi connectivity index (χ0v) is 18.8. The molecule has 4 rings (SSSR count). The number of hydrogen-bond acceptors (Lipinski definition) is 6. The number of rotatable bonds is 6. The van der Waals surface area contributed by atoms with Crippen LogP contribution >= 0.6 is 11.6 Å². The van der Waals surface area contributed by atoms with Crippen LogP contribution in [0.4, 0.5) is 5.69 Å². The first-order chi connectivity index (χ1) is 15.3. The van der Waals surface area contributed by atoms with Crippen LogP contribution < -0.4 is 10.5 Å². The Morgan fingerprint density at radius 3 is 2.56 bits per heavy atom. The van der Waals surface area contributed by atoms with Crippen LogP contribution in [-0.4, -0.2) is 57.1 Å². The molecule has 0 spiro atoms. The lowest BCUT2D eigenvalue weighted by Gasteiger charge is -2.28. The Balaban J connectivity index is 1.59. The van der Waals surface area contributed by atoms with E-state index >= 15 is 0 Å². The van der Waals surface area contributed by atoms with Crippen LogP contribution in [0, 0.1) is 0 Å². The smallest absolute Gasteiger partial charge is 0.257 e. The third-order valence-corrected chi connectivity index (χ3v) is 6.49. The van der Waals surface area contributed by atoms with Gasteiger partial charge in [0.1, 0.15) is 0 Å². The molecule has 0 saturated carbocycles. The van der Waals surface area contributed by atoms with Crippen molar-refractivity contribution in [3.8, 4) is 0 Å². The first-order valence-corrected chi connectivity index (χ1v) is 12.1. The molecule has 8 nitrogen and oxygen atoms in total. The van der Waals surface area contributed by atoms with Gasteiger partial charge in [0.05, 0.1) is 34.9 Å². The fourth-order valence-corrected chi connectivity index (χ4v) is 4.32. The number of nitrogens with zero attached hydrogens (tertiary/aromatic N) is 2. The number of ether oxygens (including phenoxy) is 1. The molecule has 10 heteroatoms. The topological polar surface area (TPSA) is 115 Å². The predicted octanol–water partition coefficient (Wildman–Crippen LogP) is 2.66. The van der Waals surface area contributed by atoms with E-state index < -0.39 is 10.0 Å². The predicted molar refractivity (Wildman–Crippen MR) is 123 cm³/mol. The molecule has 2 heterocycles. The van der Waals surface area contributed by atoms with Gasteiger partial charge in [-0.05, 0) is 42.3 Å². The highest BCUT2D eigenvalue weighted by Crippen LogP contribution is 2.29. The van der Waals surface area contributed by atoms with E-state index in [1.807, 2.05) is 6.07 Å². The summed E-state index contributed by atoms with van der Waals surface area (Å²) in [4.78, 5) is 19.5. The van der Waals surface area contributed by atoms with Gasteiger partial charge in [-0.1, -0.05) is 23.7 Å². The van der Waals surface area contributed by atoms with E-state index in [4.69, 9.17) is 21.5 Å². The number of hydrogen-bond donors (Lipinski definition) is 2. The lowest BCUT2D eigenvalue weighted by atomic mass is 10.1. The molecule has 2 aromatic carbocycles. The van der Waals surface area contributed by atoms with Crippen LogP contribution in [0.1, 0.15) is 15.9 Å². The van der Waals surface area contributed by atoms with Crippen LogP contribution in [0.5, 0.6) is 0 Å². The van der Waals surface area contributed by atoms with E-state index in [1.165, 1.54) is 12.1 Å². The second-order valence-electron chi connectivity index (χ2n) is 7.48. The largest absolute Gasteiger partial charge is 0.383 e. The minimum Gasteiger partial charge on any atom is -0.383 e. The SMILES string of the molecule is NS(=O)(=O)c1ccc(CCNc2c(C(=O)N3CCOCC3)cnc3ccc(Cl)cc23)cc1. The summed E-state index contributed by atoms with van der Waals surface area (Å²) in [6.07, 6.45) is 2.21. The second-order valence-corrected chi connectivity index (χ2v) is 9.48. The number of morpholine rings is 1. The number of carbonyl (C=O) groups is 1. The van der Waals surface area contributed by atoms with Gasteiger partial charge in [-0.3, -0.25) is 9.78 Å². The Hall–Kier alpha value is -2.72. The van der Waals surface area contributed by atoms with Gasteiger partial charge in [0, 0.05) is 36.2 Å². The lowest BCUT2D eigenvalue weighted by molar-refractivity contribution is 0.0303. The van der Waals surface area contributed by atoms with E-state index in [0.29, 0.717) is 55.5 Å². The summed E-state index contributed by atoms with van der Waals surface area (Å²) >= 11 is 6.23. The maximum Gasteiger partial charge on any atom is 0.257 e. The van der Waals surface area contributed by atoms with Gasteiger partial charge in [-0.15, -0.1) is 0 Å². The van der Waals surface area contributed by atoms with Gasteiger partial charge in [-0.25, -0.2) is 13.6 Å². The number of anilines is 1. The average Bonchev–Trinajstić information content (AvgIpc) is 2.79. The summed E-state index contributed by atoms with van der Waals surface area (Å²) < 4.78 is 28.2. The lowest BCUT2D eigenvalue weighted by Crippen LogP contribution is -2.41. The molecular weight excluding hydrogens is 452 g/mol. The summed E-state index contributed by atoms with van der Waals surface area (Å²) in [6, 6.07) is 11.8. The van der Waals surface area contributed by atoms with Crippen molar-refractivity contribution in [3.63, 3.8) is 0 Å². The van der Waals surface area contributed by atoms with Crippen molar-refractivity contribution in [2.75, 3.05) is 38.2 Å². The molecule has 1 amide bonds. The van der Waals surface area contributed by atoms with Gasteiger partial charge in [0.2, 0.25) is 10.0 Å². The highest BCUT2D eigenvalue weighted by molar-refractivity contribution is 7.89. The van der Waals surface area contributed by atoms with Crippen molar-refractivity contribution in [1.29, 1.82) is 0 Å². The van der Waals surface area contributed by atoms with Crippen molar-refractivity contribution in [1.82, 2.24) is 9.88 Å². The Kier molecular flexibility index (Phi) is 6.61. The normalized spacial score (nSPS) is 14.5. The minimum absolute atomic E-state index is 0.0716. The van der Waals surface area contributed by atoms with E-state index in [1.54, 1.807) is 35.4 Å². The van der Waals surface area contributed by atoms with Crippen molar-refractivity contribution in [2.45, 2.75) is 11.3 Å². The monoisotopic (exact) mass is 474 g/mol. The summed E-state index contributed by atoms with van der Waals surface area (Å²) in [5.74, 6) is -0.109. The molecule has 1 aliphatic rings. The number of benzene rings is 2. The highest BCUT2D eigenvalue weighted by atomic mass is 35.5. The highest BCUT2D eigenvalue weighted by Gasteiger charge is 2.23. The van der Waals surface area contributed by atoms with Crippen LogP contribution in [-0.2, 0) is 21.2 Å². The molecule has 168 valence electrons. The van der Waals surface area contributed by atoms with E-state index in [9.17, 15) is 13.2 Å². The number of aromatic nitrogens is 1. The molecule has 0 aliphatic carbocycles. The second kappa shape index (κ2) is 9.41. The number of primary sulfonamides is 1. The summed E-state index contributed by atoms with van der Waals surface area (Å²) in [7, 11) is -3.72. The van der Waals surface area contributed by atoms with Crippen LogP contribution in [0.25, 0.3) is 10.9 Å². The molecule has 0 bridgehead atoms. The van der Waals surface area contributed by atoms with Crippen molar-refractivity contribution >= 4 is 44.1 Å². The fourth-order valence-electron chi connectivity index (χ4n) is 3.63. The van der Waals surface area contributed by atoms with Gasteiger partial charge in [0.15, 0.2) is 0 Å².